The topological polar surface area (TPSA) is 40.2 Å². The Bertz CT molecular complexity index is 543. The minimum atomic E-state index is 0.476. The summed E-state index contributed by atoms with van der Waals surface area (Å²) in [5, 5.41) is 9.27. The average Bonchev–Trinajstić information content (AvgIpc) is 2.81. The summed E-state index contributed by atoms with van der Waals surface area (Å²) in [4.78, 5) is 2.04. The van der Waals surface area contributed by atoms with Crippen LogP contribution in [0.25, 0.3) is 0 Å². The van der Waals surface area contributed by atoms with E-state index in [-0.39, 0.29) is 0 Å². The molecule has 17 heavy (non-hydrogen) atoms. The average molecular weight is 247 g/mol. The summed E-state index contributed by atoms with van der Waals surface area (Å²) in [6.45, 7) is 0.735. The molecule has 0 radical (unpaired) electrons. The number of furan rings is 1. The first-order valence-corrected chi connectivity index (χ1v) is 5.50. The van der Waals surface area contributed by atoms with Crippen molar-refractivity contribution >= 4 is 17.3 Å². The predicted molar refractivity (Wildman–Crippen MR) is 67.0 cm³/mol. The molecule has 2 rings (SSSR count). The molecule has 0 unspecified atom stereocenters. The molecule has 4 heteroatoms. The lowest BCUT2D eigenvalue weighted by molar-refractivity contribution is 0.563. The van der Waals surface area contributed by atoms with E-state index in [1.807, 2.05) is 30.1 Å². The number of rotatable bonds is 3. The van der Waals surface area contributed by atoms with Gasteiger partial charge in [-0.2, -0.15) is 5.26 Å². The molecule has 86 valence electrons. The second-order valence-corrected chi connectivity index (χ2v) is 4.17. The van der Waals surface area contributed by atoms with Crippen LogP contribution in [-0.4, -0.2) is 7.05 Å². The van der Waals surface area contributed by atoms with Crippen molar-refractivity contribution in [3.05, 3.63) is 52.9 Å². The van der Waals surface area contributed by atoms with E-state index in [0.717, 1.165) is 17.8 Å². The molecule has 0 amide bonds. The van der Waals surface area contributed by atoms with Gasteiger partial charge in [-0.25, -0.2) is 0 Å². The number of halogens is 1. The van der Waals surface area contributed by atoms with E-state index in [2.05, 4.69) is 0 Å². The van der Waals surface area contributed by atoms with Gasteiger partial charge in [0.2, 0.25) is 0 Å². The highest BCUT2D eigenvalue weighted by atomic mass is 35.5. The van der Waals surface area contributed by atoms with Crippen LogP contribution in [0.1, 0.15) is 11.1 Å². The van der Waals surface area contributed by atoms with Gasteiger partial charge in [0.15, 0.2) is 0 Å². The van der Waals surface area contributed by atoms with E-state index in [0.29, 0.717) is 10.6 Å². The second kappa shape index (κ2) is 4.94. The summed E-state index contributed by atoms with van der Waals surface area (Å²) >= 11 is 5.99. The molecule has 0 saturated carbocycles. The second-order valence-electron chi connectivity index (χ2n) is 3.76. The maximum Gasteiger partial charge on any atom is 0.101 e. The summed E-state index contributed by atoms with van der Waals surface area (Å²) in [5.74, 6) is 0. The summed E-state index contributed by atoms with van der Waals surface area (Å²) in [6, 6.07) is 9.36. The van der Waals surface area contributed by atoms with Gasteiger partial charge in [0, 0.05) is 24.8 Å². The van der Waals surface area contributed by atoms with Gasteiger partial charge < -0.3 is 9.32 Å². The molecule has 1 aromatic heterocycles. The van der Waals surface area contributed by atoms with E-state index < -0.39 is 0 Å². The fourth-order valence-corrected chi connectivity index (χ4v) is 1.80. The van der Waals surface area contributed by atoms with Crippen LogP contribution in [0.15, 0.2) is 41.2 Å². The largest absolute Gasteiger partial charge is 0.472 e. The normalized spacial score (nSPS) is 9.94. The highest BCUT2D eigenvalue weighted by Gasteiger charge is 2.06. The minimum absolute atomic E-state index is 0.476. The summed E-state index contributed by atoms with van der Waals surface area (Å²) in [7, 11) is 1.96. The summed E-state index contributed by atoms with van der Waals surface area (Å²) < 4.78 is 5.02. The molecule has 0 fully saturated rings. The zero-order valence-electron chi connectivity index (χ0n) is 9.35. The molecule has 0 aliphatic carbocycles. The molecule has 0 spiro atoms. The molecular formula is C13H11ClN2O. The fraction of sp³-hybridized carbons (Fsp3) is 0.154. The van der Waals surface area contributed by atoms with Crippen molar-refractivity contribution in [1.29, 1.82) is 5.26 Å². The van der Waals surface area contributed by atoms with Crippen LogP contribution >= 0.6 is 11.6 Å². The number of nitriles is 1. The van der Waals surface area contributed by atoms with Crippen LogP contribution in [0, 0.1) is 11.3 Å². The molecule has 0 aliphatic heterocycles. The van der Waals surface area contributed by atoms with Crippen molar-refractivity contribution in [2.75, 3.05) is 11.9 Å². The third kappa shape index (κ3) is 2.61. The fourth-order valence-electron chi connectivity index (χ4n) is 1.58. The Morgan fingerprint density at radius 1 is 1.41 bits per heavy atom. The van der Waals surface area contributed by atoms with Gasteiger partial charge in [0.1, 0.15) is 6.07 Å². The molecule has 0 saturated heterocycles. The van der Waals surface area contributed by atoms with Gasteiger partial charge >= 0.3 is 0 Å². The van der Waals surface area contributed by atoms with Crippen LogP contribution in [0.2, 0.25) is 5.02 Å². The first-order valence-electron chi connectivity index (χ1n) is 5.12. The molecule has 0 bridgehead atoms. The lowest BCUT2D eigenvalue weighted by Crippen LogP contribution is -2.15. The first kappa shape index (κ1) is 11.6. The van der Waals surface area contributed by atoms with Crippen molar-refractivity contribution in [3.8, 4) is 6.07 Å². The summed E-state index contributed by atoms with van der Waals surface area (Å²) in [6.07, 6.45) is 3.36. The van der Waals surface area contributed by atoms with Crippen molar-refractivity contribution < 1.29 is 4.42 Å². The number of hydrogen-bond acceptors (Lipinski definition) is 3. The SMILES string of the molecule is CN(Cc1ccoc1)c1ccc(C#N)c(Cl)c1. The van der Waals surface area contributed by atoms with Crippen LogP contribution in [0.3, 0.4) is 0 Å². The quantitative estimate of drug-likeness (QED) is 0.833. The van der Waals surface area contributed by atoms with E-state index in [4.69, 9.17) is 21.3 Å². The molecule has 0 N–H and O–H groups in total. The van der Waals surface area contributed by atoms with Crippen molar-refractivity contribution in [2.24, 2.45) is 0 Å². The highest BCUT2D eigenvalue weighted by Crippen LogP contribution is 2.23. The van der Waals surface area contributed by atoms with Gasteiger partial charge in [-0.15, -0.1) is 0 Å². The molecule has 2 aromatic rings. The van der Waals surface area contributed by atoms with Crippen LogP contribution in [0.4, 0.5) is 5.69 Å². The van der Waals surface area contributed by atoms with Gasteiger partial charge in [-0.1, -0.05) is 11.6 Å². The molecule has 0 aliphatic rings. The molecule has 3 nitrogen and oxygen atoms in total. The molecule has 1 aromatic carbocycles. The Morgan fingerprint density at radius 2 is 2.24 bits per heavy atom. The van der Waals surface area contributed by atoms with Crippen LogP contribution in [-0.2, 0) is 6.54 Å². The third-order valence-corrected chi connectivity index (χ3v) is 2.83. The zero-order valence-corrected chi connectivity index (χ0v) is 10.1. The highest BCUT2D eigenvalue weighted by molar-refractivity contribution is 6.32. The number of hydrogen-bond donors (Lipinski definition) is 0. The smallest absolute Gasteiger partial charge is 0.101 e. The van der Waals surface area contributed by atoms with Crippen molar-refractivity contribution in [2.45, 2.75) is 6.54 Å². The number of nitrogens with zero attached hydrogens (tertiary/aromatic N) is 2. The maximum absolute atomic E-state index is 8.79. The molecule has 1 heterocycles. The Hall–Kier alpha value is -1.92. The Morgan fingerprint density at radius 3 is 2.82 bits per heavy atom. The lowest BCUT2D eigenvalue weighted by Gasteiger charge is -2.18. The Balaban J connectivity index is 2.17. The van der Waals surface area contributed by atoms with E-state index in [1.165, 1.54) is 0 Å². The zero-order chi connectivity index (χ0) is 12.3. The third-order valence-electron chi connectivity index (χ3n) is 2.51. The van der Waals surface area contributed by atoms with Gasteiger partial charge in [-0.3, -0.25) is 0 Å². The van der Waals surface area contributed by atoms with E-state index in [9.17, 15) is 0 Å². The molecule has 0 atom stereocenters. The first-order chi connectivity index (χ1) is 8.20. The van der Waals surface area contributed by atoms with E-state index in [1.54, 1.807) is 24.7 Å². The predicted octanol–water partition coefficient (Wildman–Crippen LogP) is 3.44. The van der Waals surface area contributed by atoms with Crippen LogP contribution in [0.5, 0.6) is 0 Å². The Labute approximate surface area is 105 Å². The standard InChI is InChI=1S/C13H11ClN2O/c1-16(8-10-4-5-17-9-10)12-3-2-11(7-15)13(14)6-12/h2-6,9H,8H2,1H3. The Kier molecular flexibility index (Phi) is 3.36. The minimum Gasteiger partial charge on any atom is -0.472 e. The molecular weight excluding hydrogens is 236 g/mol. The monoisotopic (exact) mass is 246 g/mol. The maximum atomic E-state index is 8.79. The van der Waals surface area contributed by atoms with Crippen molar-refractivity contribution in [1.82, 2.24) is 0 Å². The van der Waals surface area contributed by atoms with Gasteiger partial charge in [-0.05, 0) is 24.3 Å². The summed E-state index contributed by atoms with van der Waals surface area (Å²) in [5.41, 5.74) is 2.55. The lowest BCUT2D eigenvalue weighted by atomic mass is 10.2. The van der Waals surface area contributed by atoms with Crippen LogP contribution < -0.4 is 4.90 Å². The number of benzene rings is 1. The van der Waals surface area contributed by atoms with Gasteiger partial charge in [0.25, 0.3) is 0 Å². The van der Waals surface area contributed by atoms with Crippen molar-refractivity contribution in [3.63, 3.8) is 0 Å². The van der Waals surface area contributed by atoms with E-state index >= 15 is 0 Å². The van der Waals surface area contributed by atoms with Gasteiger partial charge in [0.05, 0.1) is 23.1 Å². The number of anilines is 1.